The number of carboxylic acids is 1. The molecule has 11 heteroatoms. The Hall–Kier alpha value is -2.14. The van der Waals surface area contributed by atoms with Gasteiger partial charge >= 0.3 is 0 Å². The fourth-order valence-electron chi connectivity index (χ4n) is 3.60. The minimum absolute atomic E-state index is 0.0239. The molecule has 152 valence electrons. The second-order valence-electron chi connectivity index (χ2n) is 7.06. The van der Waals surface area contributed by atoms with Crippen molar-refractivity contribution in [2.75, 3.05) is 32.9 Å². The molecule has 2 aliphatic rings. The Morgan fingerprint density at radius 2 is 2.00 bits per heavy atom. The van der Waals surface area contributed by atoms with Gasteiger partial charge in [-0.2, -0.15) is 5.16 Å². The third-order valence-electron chi connectivity index (χ3n) is 4.84. The van der Waals surface area contributed by atoms with Crippen LogP contribution in [0.1, 0.15) is 19.1 Å². The topological polar surface area (TPSA) is 141 Å². The Morgan fingerprint density at radius 1 is 1.37 bits per heavy atom. The zero-order valence-electron chi connectivity index (χ0n) is 15.5. The van der Waals surface area contributed by atoms with E-state index in [0.29, 0.717) is 18.7 Å². The van der Waals surface area contributed by atoms with Crippen LogP contribution in [0, 0.1) is 5.92 Å². The maximum atomic E-state index is 12.3. The maximum Gasteiger partial charge on any atom is 0.300 e. The zero-order valence-corrected chi connectivity index (χ0v) is 16.4. The molecule has 1 aromatic heterocycles. The Bertz CT molecular complexity index is 838. The zero-order chi connectivity index (χ0) is 20.4. The first-order valence-corrected chi connectivity index (χ1v) is 10.3. The van der Waals surface area contributed by atoms with Crippen molar-refractivity contribution in [2.24, 2.45) is 5.92 Å². The summed E-state index contributed by atoms with van der Waals surface area (Å²) in [6.07, 6.45) is 0.528. The van der Waals surface area contributed by atoms with Gasteiger partial charge in [0.1, 0.15) is 5.76 Å². The minimum atomic E-state index is -3.15. The highest BCUT2D eigenvalue weighted by molar-refractivity contribution is 7.92. The number of carbonyl (C=O) groups excluding carboxylic acids is 1. The van der Waals surface area contributed by atoms with E-state index in [-0.39, 0.29) is 42.1 Å². The van der Waals surface area contributed by atoms with E-state index in [1.165, 1.54) is 6.07 Å². The fourth-order valence-corrected chi connectivity index (χ4v) is 6.08. The van der Waals surface area contributed by atoms with Gasteiger partial charge in [-0.05, 0) is 14.1 Å². The first-order chi connectivity index (χ1) is 12.5. The van der Waals surface area contributed by atoms with Crippen LogP contribution in [0.15, 0.2) is 15.4 Å². The fraction of sp³-hybridized carbons (Fsp3) is 0.688. The van der Waals surface area contributed by atoms with E-state index >= 15 is 0 Å². The van der Waals surface area contributed by atoms with E-state index < -0.39 is 21.1 Å². The van der Waals surface area contributed by atoms with Gasteiger partial charge in [0.25, 0.3) is 11.5 Å². The Labute approximate surface area is 157 Å². The lowest BCUT2D eigenvalue weighted by molar-refractivity contribution is -0.134. The quantitative estimate of drug-likeness (QED) is 0.664. The van der Waals surface area contributed by atoms with Gasteiger partial charge < -0.3 is 19.4 Å². The molecule has 2 saturated heterocycles. The van der Waals surface area contributed by atoms with Crippen LogP contribution < -0.4 is 5.56 Å². The van der Waals surface area contributed by atoms with Gasteiger partial charge in [0.2, 0.25) is 5.91 Å². The number of aromatic amines is 1. The van der Waals surface area contributed by atoms with Crippen molar-refractivity contribution < 1.29 is 27.6 Å². The first-order valence-electron chi connectivity index (χ1n) is 8.54. The summed E-state index contributed by atoms with van der Waals surface area (Å²) in [5.41, 5.74) is -0.330. The molecule has 0 aromatic carbocycles. The monoisotopic (exact) mass is 403 g/mol. The molecule has 1 aromatic rings. The van der Waals surface area contributed by atoms with E-state index in [1.54, 1.807) is 4.90 Å². The van der Waals surface area contributed by atoms with Crippen LogP contribution in [0.2, 0.25) is 0 Å². The molecule has 0 bridgehead atoms. The van der Waals surface area contributed by atoms with Crippen molar-refractivity contribution >= 4 is 21.7 Å². The van der Waals surface area contributed by atoms with Crippen molar-refractivity contribution in [1.82, 2.24) is 15.0 Å². The number of aliphatic carboxylic acids is 1. The van der Waals surface area contributed by atoms with Crippen LogP contribution >= 0.6 is 0 Å². The van der Waals surface area contributed by atoms with Crippen molar-refractivity contribution in [3.8, 4) is 0 Å². The van der Waals surface area contributed by atoms with Crippen molar-refractivity contribution in [2.45, 2.75) is 31.1 Å². The summed E-state index contributed by atoms with van der Waals surface area (Å²) in [4.78, 5) is 35.9. The molecule has 0 aliphatic carbocycles. The predicted molar refractivity (Wildman–Crippen MR) is 96.1 cm³/mol. The standard InChI is InChI=1S/C14H21N3O5S.C2H4O2/c1-16(2)11-8-23(20,21)12-7-17(6-10(11)12)14(19)4-3-9-5-13(18)15-22-9;1-2(3)4/h5,10-12H,3-4,6-8H2,1-2H3,(H,15,18);1H3,(H,3,4)/t10-,11-,12-;/m0./s1. The van der Waals surface area contributed by atoms with Crippen LogP contribution in [-0.2, 0) is 25.8 Å². The summed E-state index contributed by atoms with van der Waals surface area (Å²) >= 11 is 0. The number of aryl methyl sites for hydroxylation is 1. The van der Waals surface area contributed by atoms with Crippen LogP contribution in [-0.4, -0.2) is 84.6 Å². The average Bonchev–Trinajstić information content (AvgIpc) is 3.21. The highest BCUT2D eigenvalue weighted by Gasteiger charge is 2.53. The molecule has 2 aliphatic heterocycles. The molecule has 0 spiro atoms. The molecule has 3 rings (SSSR count). The smallest absolute Gasteiger partial charge is 0.300 e. The van der Waals surface area contributed by atoms with Crippen molar-refractivity contribution in [1.29, 1.82) is 0 Å². The molecule has 10 nitrogen and oxygen atoms in total. The highest BCUT2D eigenvalue weighted by Crippen LogP contribution is 2.36. The summed E-state index contributed by atoms with van der Waals surface area (Å²) < 4.78 is 29.5. The number of carboxylic acid groups (broad SMARTS) is 1. The van der Waals surface area contributed by atoms with Gasteiger partial charge in [0.15, 0.2) is 9.84 Å². The van der Waals surface area contributed by atoms with Gasteiger partial charge in [-0.15, -0.1) is 0 Å². The van der Waals surface area contributed by atoms with E-state index in [9.17, 15) is 18.0 Å². The van der Waals surface area contributed by atoms with Crippen molar-refractivity contribution in [3.05, 3.63) is 22.2 Å². The molecule has 3 atom stereocenters. The predicted octanol–water partition coefficient (Wildman–Crippen LogP) is -0.823. The second kappa shape index (κ2) is 8.26. The normalized spacial score (nSPS) is 25.8. The lowest BCUT2D eigenvalue weighted by Gasteiger charge is -2.25. The second-order valence-corrected chi connectivity index (χ2v) is 9.32. The molecule has 0 radical (unpaired) electrons. The van der Waals surface area contributed by atoms with Crippen LogP contribution in [0.4, 0.5) is 0 Å². The third kappa shape index (κ3) is 5.19. The number of nitrogens with zero attached hydrogens (tertiary/aromatic N) is 2. The number of amides is 1. The number of H-pyrrole nitrogens is 1. The highest BCUT2D eigenvalue weighted by atomic mass is 32.2. The van der Waals surface area contributed by atoms with Crippen LogP contribution in [0.25, 0.3) is 0 Å². The lowest BCUT2D eigenvalue weighted by Crippen LogP contribution is -2.38. The average molecular weight is 403 g/mol. The number of fused-ring (bicyclic) bond motifs is 1. The lowest BCUT2D eigenvalue weighted by atomic mass is 10.00. The number of carbonyl (C=O) groups is 2. The Morgan fingerprint density at radius 3 is 2.52 bits per heavy atom. The van der Waals surface area contributed by atoms with E-state index in [4.69, 9.17) is 14.4 Å². The summed E-state index contributed by atoms with van der Waals surface area (Å²) in [5, 5.41) is 9.15. The molecular formula is C16H25N3O7S. The number of hydrogen-bond acceptors (Lipinski definition) is 7. The third-order valence-corrected chi connectivity index (χ3v) is 7.07. The Balaban J connectivity index is 0.000000596. The Kier molecular flexibility index (Phi) is 6.47. The summed E-state index contributed by atoms with van der Waals surface area (Å²) in [5.74, 6) is -0.354. The van der Waals surface area contributed by atoms with E-state index in [2.05, 4.69) is 5.16 Å². The molecule has 3 heterocycles. The molecule has 1 amide bonds. The summed E-state index contributed by atoms with van der Waals surface area (Å²) in [6, 6.07) is 1.28. The number of rotatable bonds is 4. The van der Waals surface area contributed by atoms with E-state index in [1.807, 2.05) is 19.0 Å². The molecule has 27 heavy (non-hydrogen) atoms. The minimum Gasteiger partial charge on any atom is -0.481 e. The number of sulfone groups is 1. The number of nitrogens with one attached hydrogen (secondary N) is 1. The summed E-state index contributed by atoms with van der Waals surface area (Å²) in [7, 11) is 0.603. The van der Waals surface area contributed by atoms with Gasteiger partial charge in [0, 0.05) is 50.9 Å². The molecule has 2 fully saturated rings. The molecule has 0 unspecified atom stereocenters. The molecule has 2 N–H and O–H groups in total. The molecular weight excluding hydrogens is 378 g/mol. The van der Waals surface area contributed by atoms with E-state index in [0.717, 1.165) is 6.92 Å². The van der Waals surface area contributed by atoms with Gasteiger partial charge in [-0.25, -0.2) is 8.42 Å². The first kappa shape index (κ1) is 21.2. The number of aromatic nitrogens is 1. The van der Waals surface area contributed by atoms with Gasteiger partial charge in [0.05, 0.1) is 11.0 Å². The van der Waals surface area contributed by atoms with Gasteiger partial charge in [-0.1, -0.05) is 0 Å². The molecule has 0 saturated carbocycles. The maximum absolute atomic E-state index is 12.3. The van der Waals surface area contributed by atoms with Crippen molar-refractivity contribution in [3.63, 3.8) is 0 Å². The summed E-state index contributed by atoms with van der Waals surface area (Å²) in [6.45, 7) is 1.83. The number of likely N-dealkylation sites (tertiary alicyclic amines) is 1. The number of hydrogen-bond donors (Lipinski definition) is 2. The van der Waals surface area contributed by atoms with Crippen LogP contribution in [0.3, 0.4) is 0 Å². The van der Waals surface area contributed by atoms with Gasteiger partial charge in [-0.3, -0.25) is 14.4 Å². The van der Waals surface area contributed by atoms with Crippen LogP contribution in [0.5, 0.6) is 0 Å². The SMILES string of the molecule is CC(=O)O.CN(C)[C@H]1CS(=O)(=O)[C@H]2CN(C(=O)CCc3cc(=O)[nH]o3)C[C@@H]12. The largest absolute Gasteiger partial charge is 0.481 e.